The molecule has 0 heterocycles. The molecule has 1 unspecified atom stereocenters. The van der Waals surface area contributed by atoms with Crippen molar-refractivity contribution in [1.82, 2.24) is 0 Å². The normalized spacial score (nSPS) is 17.6. The largest absolute Gasteiger partial charge is 0.497 e. The van der Waals surface area contributed by atoms with Crippen molar-refractivity contribution in [2.45, 2.75) is 18.8 Å². The number of methoxy groups -OCH3 is 1. The minimum absolute atomic E-state index is 0.531. The molecule has 0 amide bonds. The summed E-state index contributed by atoms with van der Waals surface area (Å²) >= 11 is 3.57. The van der Waals surface area contributed by atoms with Gasteiger partial charge in [0.2, 0.25) is 0 Å². The van der Waals surface area contributed by atoms with E-state index in [-0.39, 0.29) is 0 Å². The van der Waals surface area contributed by atoms with Crippen LogP contribution in [-0.2, 0) is 6.42 Å². The van der Waals surface area contributed by atoms with E-state index in [1.807, 2.05) is 12.1 Å². The average molecular weight is 303 g/mol. The minimum atomic E-state index is 0.531. The smallest absolute Gasteiger partial charge is 0.118 e. The van der Waals surface area contributed by atoms with Crippen LogP contribution in [0.2, 0.25) is 0 Å². The highest BCUT2D eigenvalue weighted by Gasteiger charge is 2.23. The SMILES string of the molecule is COc1ccc(C2CCc3ccc(Br)cc32)cc1. The summed E-state index contributed by atoms with van der Waals surface area (Å²) in [7, 11) is 1.71. The molecular weight excluding hydrogens is 288 g/mol. The van der Waals surface area contributed by atoms with E-state index in [0.29, 0.717) is 5.92 Å². The topological polar surface area (TPSA) is 9.23 Å². The second kappa shape index (κ2) is 4.77. The zero-order valence-electron chi connectivity index (χ0n) is 10.3. The molecule has 0 saturated heterocycles. The molecule has 3 rings (SSSR count). The van der Waals surface area contributed by atoms with Crippen molar-refractivity contribution in [3.63, 3.8) is 0 Å². The van der Waals surface area contributed by atoms with Gasteiger partial charge in [-0.2, -0.15) is 0 Å². The molecule has 92 valence electrons. The first kappa shape index (κ1) is 11.8. The van der Waals surface area contributed by atoms with Gasteiger partial charge in [-0.15, -0.1) is 0 Å². The number of aryl methyl sites for hydroxylation is 1. The van der Waals surface area contributed by atoms with Crippen LogP contribution in [0.1, 0.15) is 29.0 Å². The van der Waals surface area contributed by atoms with Crippen LogP contribution in [0.25, 0.3) is 0 Å². The number of hydrogen-bond donors (Lipinski definition) is 0. The van der Waals surface area contributed by atoms with Crippen LogP contribution in [0.4, 0.5) is 0 Å². The fraction of sp³-hybridized carbons (Fsp3) is 0.250. The van der Waals surface area contributed by atoms with E-state index in [1.165, 1.54) is 34.0 Å². The zero-order valence-corrected chi connectivity index (χ0v) is 11.9. The Hall–Kier alpha value is -1.28. The van der Waals surface area contributed by atoms with E-state index in [2.05, 4.69) is 46.3 Å². The highest BCUT2D eigenvalue weighted by Crippen LogP contribution is 2.39. The summed E-state index contributed by atoms with van der Waals surface area (Å²) in [4.78, 5) is 0. The quantitative estimate of drug-likeness (QED) is 0.791. The summed E-state index contributed by atoms with van der Waals surface area (Å²) in [5, 5.41) is 0. The van der Waals surface area contributed by atoms with Gasteiger partial charge in [0.15, 0.2) is 0 Å². The molecule has 0 N–H and O–H groups in total. The molecule has 1 nitrogen and oxygen atoms in total. The summed E-state index contributed by atoms with van der Waals surface area (Å²) in [6.07, 6.45) is 2.39. The van der Waals surface area contributed by atoms with Crippen molar-refractivity contribution < 1.29 is 4.74 Å². The molecule has 0 aliphatic heterocycles. The van der Waals surface area contributed by atoms with Gasteiger partial charge in [0.25, 0.3) is 0 Å². The summed E-state index contributed by atoms with van der Waals surface area (Å²) in [5.41, 5.74) is 4.33. The molecule has 2 aromatic rings. The molecule has 2 heteroatoms. The molecule has 0 saturated carbocycles. The minimum Gasteiger partial charge on any atom is -0.497 e. The number of rotatable bonds is 2. The summed E-state index contributed by atoms with van der Waals surface area (Å²) in [6, 6.07) is 15.1. The Morgan fingerprint density at radius 2 is 1.89 bits per heavy atom. The van der Waals surface area contributed by atoms with Gasteiger partial charge in [-0.1, -0.05) is 34.1 Å². The predicted octanol–water partition coefficient (Wildman–Crippen LogP) is 4.54. The maximum atomic E-state index is 5.21. The van der Waals surface area contributed by atoms with Gasteiger partial charge in [0, 0.05) is 10.4 Å². The van der Waals surface area contributed by atoms with E-state index in [1.54, 1.807) is 7.11 Å². The van der Waals surface area contributed by atoms with Crippen LogP contribution in [0.5, 0.6) is 5.75 Å². The second-order valence-corrected chi connectivity index (χ2v) is 5.62. The average Bonchev–Trinajstić information content (AvgIpc) is 2.82. The van der Waals surface area contributed by atoms with E-state index in [9.17, 15) is 0 Å². The number of halogens is 1. The standard InChI is InChI=1S/C16H15BrO/c1-18-14-7-3-11(4-8-14)15-9-5-12-2-6-13(17)10-16(12)15/h2-4,6-8,10,15H,5,9H2,1H3. The Morgan fingerprint density at radius 1 is 1.11 bits per heavy atom. The maximum Gasteiger partial charge on any atom is 0.118 e. The lowest BCUT2D eigenvalue weighted by Crippen LogP contribution is -1.96. The molecular formula is C16H15BrO. The van der Waals surface area contributed by atoms with Crippen molar-refractivity contribution in [1.29, 1.82) is 0 Å². The Labute approximate surface area is 116 Å². The Kier molecular flexibility index (Phi) is 3.13. The third-order valence-electron chi connectivity index (χ3n) is 3.70. The van der Waals surface area contributed by atoms with Gasteiger partial charge >= 0.3 is 0 Å². The Balaban J connectivity index is 1.97. The van der Waals surface area contributed by atoms with Gasteiger partial charge in [-0.25, -0.2) is 0 Å². The summed E-state index contributed by atoms with van der Waals surface area (Å²) in [6.45, 7) is 0. The lowest BCUT2D eigenvalue weighted by molar-refractivity contribution is 0.414. The highest BCUT2D eigenvalue weighted by molar-refractivity contribution is 9.10. The van der Waals surface area contributed by atoms with Gasteiger partial charge in [-0.05, 0) is 53.8 Å². The molecule has 0 radical (unpaired) electrons. The lowest BCUT2D eigenvalue weighted by atomic mass is 9.93. The Bertz CT molecular complexity index is 560. The fourth-order valence-electron chi connectivity index (χ4n) is 2.76. The van der Waals surface area contributed by atoms with Crippen LogP contribution in [0.3, 0.4) is 0 Å². The highest BCUT2D eigenvalue weighted by atomic mass is 79.9. The van der Waals surface area contributed by atoms with Crippen molar-refractivity contribution >= 4 is 15.9 Å². The predicted molar refractivity (Wildman–Crippen MR) is 77.3 cm³/mol. The first-order chi connectivity index (χ1) is 8.78. The van der Waals surface area contributed by atoms with Crippen LogP contribution in [0.15, 0.2) is 46.9 Å². The molecule has 18 heavy (non-hydrogen) atoms. The molecule has 1 atom stereocenters. The summed E-state index contributed by atoms with van der Waals surface area (Å²) < 4.78 is 6.38. The van der Waals surface area contributed by atoms with Crippen LogP contribution >= 0.6 is 15.9 Å². The fourth-order valence-corrected chi connectivity index (χ4v) is 3.13. The van der Waals surface area contributed by atoms with Crippen LogP contribution in [0, 0.1) is 0 Å². The van der Waals surface area contributed by atoms with Gasteiger partial charge in [0.1, 0.15) is 5.75 Å². The monoisotopic (exact) mass is 302 g/mol. The first-order valence-electron chi connectivity index (χ1n) is 6.20. The number of hydrogen-bond acceptors (Lipinski definition) is 1. The van der Waals surface area contributed by atoms with E-state index in [4.69, 9.17) is 4.74 Å². The molecule has 0 fully saturated rings. The van der Waals surface area contributed by atoms with Crippen LogP contribution in [-0.4, -0.2) is 7.11 Å². The van der Waals surface area contributed by atoms with E-state index in [0.717, 1.165) is 5.75 Å². The molecule has 0 spiro atoms. The van der Waals surface area contributed by atoms with Crippen LogP contribution < -0.4 is 4.74 Å². The van der Waals surface area contributed by atoms with Crippen molar-refractivity contribution in [3.8, 4) is 5.75 Å². The molecule has 0 aromatic heterocycles. The number of fused-ring (bicyclic) bond motifs is 1. The molecule has 1 aliphatic rings. The number of benzene rings is 2. The number of ether oxygens (including phenoxy) is 1. The Morgan fingerprint density at radius 3 is 2.61 bits per heavy atom. The third-order valence-corrected chi connectivity index (χ3v) is 4.20. The third kappa shape index (κ3) is 2.05. The van der Waals surface area contributed by atoms with Crippen molar-refractivity contribution in [2.24, 2.45) is 0 Å². The van der Waals surface area contributed by atoms with Crippen molar-refractivity contribution in [3.05, 3.63) is 63.6 Å². The second-order valence-electron chi connectivity index (χ2n) is 4.71. The molecule has 1 aliphatic carbocycles. The van der Waals surface area contributed by atoms with Gasteiger partial charge < -0.3 is 4.74 Å². The van der Waals surface area contributed by atoms with Gasteiger partial charge in [-0.3, -0.25) is 0 Å². The van der Waals surface area contributed by atoms with Crippen molar-refractivity contribution in [2.75, 3.05) is 7.11 Å². The summed E-state index contributed by atoms with van der Waals surface area (Å²) in [5.74, 6) is 1.45. The molecule has 2 aromatic carbocycles. The maximum absolute atomic E-state index is 5.21. The van der Waals surface area contributed by atoms with Gasteiger partial charge in [0.05, 0.1) is 7.11 Å². The zero-order chi connectivity index (χ0) is 12.5. The lowest BCUT2D eigenvalue weighted by Gasteiger charge is -2.13. The van der Waals surface area contributed by atoms with E-state index >= 15 is 0 Å². The first-order valence-corrected chi connectivity index (χ1v) is 6.99. The molecule has 0 bridgehead atoms. The van der Waals surface area contributed by atoms with E-state index < -0.39 is 0 Å².